The topological polar surface area (TPSA) is 75.4 Å². The van der Waals surface area contributed by atoms with Gasteiger partial charge in [-0.25, -0.2) is 0 Å². The fourth-order valence-corrected chi connectivity index (χ4v) is 3.49. The van der Waals surface area contributed by atoms with Crippen LogP contribution in [0.2, 0.25) is 0 Å². The van der Waals surface area contributed by atoms with Crippen molar-refractivity contribution >= 4 is 17.5 Å². The SMILES string of the molecule is CC1CCC(C(N)=O)CN1C(=O)c1cccc2c1CCCN2. The van der Waals surface area contributed by atoms with Gasteiger partial charge in [-0.1, -0.05) is 6.07 Å². The zero-order chi connectivity index (χ0) is 15.7. The molecule has 0 radical (unpaired) electrons. The third-order valence-electron chi connectivity index (χ3n) is 4.87. The first-order valence-corrected chi connectivity index (χ1v) is 8.04. The number of rotatable bonds is 2. The van der Waals surface area contributed by atoms with E-state index in [1.165, 1.54) is 0 Å². The van der Waals surface area contributed by atoms with Gasteiger partial charge in [-0.2, -0.15) is 0 Å². The number of benzene rings is 1. The Hall–Kier alpha value is -2.04. The van der Waals surface area contributed by atoms with Gasteiger partial charge >= 0.3 is 0 Å². The Labute approximate surface area is 130 Å². The first kappa shape index (κ1) is 14.9. The molecule has 3 N–H and O–H groups in total. The van der Waals surface area contributed by atoms with Crippen LogP contribution in [-0.4, -0.2) is 35.8 Å². The number of primary amides is 1. The van der Waals surface area contributed by atoms with Gasteiger partial charge in [-0.15, -0.1) is 0 Å². The standard InChI is InChI=1S/C17H23N3O2/c1-11-7-8-12(16(18)21)10-20(11)17(22)14-4-2-6-15-13(14)5-3-9-19-15/h2,4,6,11-12,19H,3,5,7-10H2,1H3,(H2,18,21). The summed E-state index contributed by atoms with van der Waals surface area (Å²) in [6, 6.07) is 5.99. The van der Waals surface area contributed by atoms with Gasteiger partial charge in [-0.3, -0.25) is 9.59 Å². The van der Waals surface area contributed by atoms with Crippen LogP contribution in [0, 0.1) is 5.92 Å². The molecule has 0 aliphatic carbocycles. The van der Waals surface area contributed by atoms with E-state index in [1.54, 1.807) is 0 Å². The molecule has 22 heavy (non-hydrogen) atoms. The molecule has 5 nitrogen and oxygen atoms in total. The summed E-state index contributed by atoms with van der Waals surface area (Å²) in [6.07, 6.45) is 3.56. The number of hydrogen-bond acceptors (Lipinski definition) is 3. The number of likely N-dealkylation sites (tertiary alicyclic amines) is 1. The highest BCUT2D eigenvalue weighted by molar-refractivity contribution is 5.98. The molecular weight excluding hydrogens is 278 g/mol. The summed E-state index contributed by atoms with van der Waals surface area (Å²) in [7, 11) is 0. The molecule has 0 spiro atoms. The maximum Gasteiger partial charge on any atom is 0.254 e. The number of hydrogen-bond donors (Lipinski definition) is 2. The first-order chi connectivity index (χ1) is 10.6. The molecule has 1 fully saturated rings. The quantitative estimate of drug-likeness (QED) is 0.874. The molecule has 2 atom stereocenters. The molecular formula is C17H23N3O2. The minimum absolute atomic E-state index is 0.0269. The van der Waals surface area contributed by atoms with E-state index in [-0.39, 0.29) is 23.8 Å². The molecule has 1 aromatic carbocycles. The second kappa shape index (κ2) is 5.99. The molecule has 1 aromatic rings. The predicted molar refractivity (Wildman–Crippen MR) is 85.7 cm³/mol. The number of nitrogens with one attached hydrogen (secondary N) is 1. The van der Waals surface area contributed by atoms with Crippen LogP contribution in [0.15, 0.2) is 18.2 Å². The van der Waals surface area contributed by atoms with Gasteiger partial charge < -0.3 is 16.0 Å². The van der Waals surface area contributed by atoms with Crippen LogP contribution >= 0.6 is 0 Å². The first-order valence-electron chi connectivity index (χ1n) is 8.04. The Morgan fingerprint density at radius 1 is 1.32 bits per heavy atom. The number of nitrogens with two attached hydrogens (primary N) is 1. The number of piperidine rings is 1. The summed E-state index contributed by atoms with van der Waals surface area (Å²) >= 11 is 0. The monoisotopic (exact) mass is 301 g/mol. The Morgan fingerprint density at radius 2 is 2.14 bits per heavy atom. The lowest BCUT2D eigenvalue weighted by Gasteiger charge is -2.37. The van der Waals surface area contributed by atoms with E-state index in [0.717, 1.165) is 49.0 Å². The third-order valence-corrected chi connectivity index (χ3v) is 4.87. The molecule has 3 rings (SSSR count). The second-order valence-corrected chi connectivity index (χ2v) is 6.35. The van der Waals surface area contributed by atoms with Crippen molar-refractivity contribution in [2.75, 3.05) is 18.4 Å². The van der Waals surface area contributed by atoms with Crippen LogP contribution in [0.1, 0.15) is 42.1 Å². The number of fused-ring (bicyclic) bond motifs is 1. The van der Waals surface area contributed by atoms with Crippen molar-refractivity contribution in [2.24, 2.45) is 11.7 Å². The highest BCUT2D eigenvalue weighted by Crippen LogP contribution is 2.29. The highest BCUT2D eigenvalue weighted by atomic mass is 16.2. The van der Waals surface area contributed by atoms with Gasteiger partial charge in [0, 0.05) is 30.4 Å². The van der Waals surface area contributed by atoms with E-state index < -0.39 is 0 Å². The smallest absolute Gasteiger partial charge is 0.254 e. The maximum atomic E-state index is 13.0. The summed E-state index contributed by atoms with van der Waals surface area (Å²) in [4.78, 5) is 26.3. The summed E-state index contributed by atoms with van der Waals surface area (Å²) in [5, 5.41) is 3.35. The minimum Gasteiger partial charge on any atom is -0.385 e. The molecule has 2 aliphatic heterocycles. The molecule has 2 unspecified atom stereocenters. The third kappa shape index (κ3) is 2.67. The van der Waals surface area contributed by atoms with Gasteiger partial charge in [0.25, 0.3) is 5.91 Å². The van der Waals surface area contributed by atoms with Gasteiger partial charge in [0.15, 0.2) is 0 Å². The van der Waals surface area contributed by atoms with Crippen molar-refractivity contribution in [3.8, 4) is 0 Å². The van der Waals surface area contributed by atoms with E-state index in [4.69, 9.17) is 5.73 Å². The van der Waals surface area contributed by atoms with E-state index in [0.29, 0.717) is 6.54 Å². The van der Waals surface area contributed by atoms with E-state index in [9.17, 15) is 9.59 Å². The van der Waals surface area contributed by atoms with E-state index >= 15 is 0 Å². The van der Waals surface area contributed by atoms with Crippen molar-refractivity contribution in [1.82, 2.24) is 4.90 Å². The number of carbonyl (C=O) groups is 2. The van der Waals surface area contributed by atoms with Crippen LogP contribution < -0.4 is 11.1 Å². The van der Waals surface area contributed by atoms with Crippen LogP contribution in [0.4, 0.5) is 5.69 Å². The lowest BCUT2D eigenvalue weighted by molar-refractivity contribution is -0.123. The summed E-state index contributed by atoms with van der Waals surface area (Å²) < 4.78 is 0. The molecule has 1 saturated heterocycles. The number of nitrogens with zero attached hydrogens (tertiary/aromatic N) is 1. The minimum atomic E-state index is -0.304. The number of anilines is 1. The maximum absolute atomic E-state index is 13.0. The van der Waals surface area contributed by atoms with Crippen molar-refractivity contribution in [1.29, 1.82) is 0 Å². The highest BCUT2D eigenvalue weighted by Gasteiger charge is 2.33. The molecule has 2 aliphatic rings. The van der Waals surface area contributed by atoms with Crippen molar-refractivity contribution in [3.05, 3.63) is 29.3 Å². The average molecular weight is 301 g/mol. The molecule has 5 heteroatoms. The summed E-state index contributed by atoms with van der Waals surface area (Å²) in [5.41, 5.74) is 8.37. The van der Waals surface area contributed by atoms with Gasteiger partial charge in [0.05, 0.1) is 5.92 Å². The Kier molecular flexibility index (Phi) is 4.05. The fourth-order valence-electron chi connectivity index (χ4n) is 3.49. The van der Waals surface area contributed by atoms with Crippen molar-refractivity contribution < 1.29 is 9.59 Å². The Balaban J connectivity index is 1.88. The predicted octanol–water partition coefficient (Wildman–Crippen LogP) is 1.77. The summed E-state index contributed by atoms with van der Waals surface area (Å²) in [6.45, 7) is 3.43. The van der Waals surface area contributed by atoms with Crippen molar-refractivity contribution in [3.63, 3.8) is 0 Å². The van der Waals surface area contributed by atoms with Crippen LogP contribution in [0.3, 0.4) is 0 Å². The van der Waals surface area contributed by atoms with Gasteiger partial charge in [-0.05, 0) is 50.3 Å². The molecule has 118 valence electrons. The normalized spacial score (nSPS) is 24.3. The molecule has 2 heterocycles. The molecule has 2 amide bonds. The van der Waals surface area contributed by atoms with E-state index in [1.807, 2.05) is 30.0 Å². The van der Waals surface area contributed by atoms with Crippen LogP contribution in [0.25, 0.3) is 0 Å². The van der Waals surface area contributed by atoms with Crippen LogP contribution in [0.5, 0.6) is 0 Å². The summed E-state index contributed by atoms with van der Waals surface area (Å²) in [5.74, 6) is -0.502. The van der Waals surface area contributed by atoms with Gasteiger partial charge in [0.2, 0.25) is 5.91 Å². The molecule has 0 bridgehead atoms. The fraction of sp³-hybridized carbons (Fsp3) is 0.529. The van der Waals surface area contributed by atoms with Gasteiger partial charge in [0.1, 0.15) is 0 Å². The zero-order valence-electron chi connectivity index (χ0n) is 13.0. The largest absolute Gasteiger partial charge is 0.385 e. The molecule has 0 saturated carbocycles. The Bertz CT molecular complexity index is 600. The average Bonchev–Trinajstić information content (AvgIpc) is 2.54. The van der Waals surface area contributed by atoms with Crippen LogP contribution in [-0.2, 0) is 11.2 Å². The lowest BCUT2D eigenvalue weighted by atomic mass is 9.91. The lowest BCUT2D eigenvalue weighted by Crippen LogP contribution is -2.48. The zero-order valence-corrected chi connectivity index (χ0v) is 13.0. The molecule has 0 aromatic heterocycles. The Morgan fingerprint density at radius 3 is 2.91 bits per heavy atom. The number of amides is 2. The number of carbonyl (C=O) groups excluding carboxylic acids is 2. The van der Waals surface area contributed by atoms with E-state index in [2.05, 4.69) is 5.32 Å². The van der Waals surface area contributed by atoms with Crippen molar-refractivity contribution in [2.45, 2.75) is 38.6 Å². The second-order valence-electron chi connectivity index (χ2n) is 6.35.